The van der Waals surface area contributed by atoms with Gasteiger partial charge in [0, 0.05) is 19.2 Å². The Kier molecular flexibility index (Phi) is 2.97. The van der Waals surface area contributed by atoms with Crippen molar-refractivity contribution in [1.82, 2.24) is 0 Å². The molecule has 0 aromatic heterocycles. The molecule has 0 bridgehead atoms. The number of carbonyl (C=O) groups is 1. The van der Waals surface area contributed by atoms with Crippen LogP contribution < -0.4 is 20.7 Å². The predicted molar refractivity (Wildman–Crippen MR) is 75.6 cm³/mol. The zero-order valence-electron chi connectivity index (χ0n) is 11.1. The molecule has 1 atom stereocenters. The van der Waals surface area contributed by atoms with Gasteiger partial charge in [-0.15, -0.1) is 0 Å². The van der Waals surface area contributed by atoms with E-state index in [-0.39, 0.29) is 12.5 Å². The van der Waals surface area contributed by atoms with Gasteiger partial charge in [0.05, 0.1) is 17.1 Å². The molecule has 3 N–H and O–H groups in total. The monoisotopic (exact) mass is 261 g/mol. The van der Waals surface area contributed by atoms with Crippen LogP contribution in [0.25, 0.3) is 0 Å². The van der Waals surface area contributed by atoms with E-state index >= 15 is 0 Å². The van der Waals surface area contributed by atoms with Crippen LogP contribution in [0.2, 0.25) is 0 Å². The minimum atomic E-state index is -0.115. The maximum atomic E-state index is 11.4. The van der Waals surface area contributed by atoms with Crippen LogP contribution in [0.1, 0.15) is 19.8 Å². The van der Waals surface area contributed by atoms with Gasteiger partial charge in [-0.1, -0.05) is 13.3 Å². The summed E-state index contributed by atoms with van der Waals surface area (Å²) in [5.41, 5.74) is 8.55. The first-order chi connectivity index (χ1) is 9.17. The number of nitrogens with zero attached hydrogens (tertiary/aromatic N) is 1. The standard InChI is InChI=1S/C14H19N3O2/c1-2-9-3-4-17(7-9)12-6-11-13(5-10(12)15)19-8-14(18)16-11/h5-6,9H,2-4,7-8,15H2,1H3,(H,16,18). The summed E-state index contributed by atoms with van der Waals surface area (Å²) >= 11 is 0. The van der Waals surface area contributed by atoms with E-state index in [1.807, 2.05) is 12.1 Å². The molecule has 102 valence electrons. The fourth-order valence-electron chi connectivity index (χ4n) is 2.79. The van der Waals surface area contributed by atoms with Crippen molar-refractivity contribution < 1.29 is 9.53 Å². The van der Waals surface area contributed by atoms with E-state index in [0.29, 0.717) is 11.4 Å². The fourth-order valence-corrected chi connectivity index (χ4v) is 2.79. The van der Waals surface area contributed by atoms with Crippen LogP contribution in [0.5, 0.6) is 5.75 Å². The van der Waals surface area contributed by atoms with Gasteiger partial charge >= 0.3 is 0 Å². The van der Waals surface area contributed by atoms with E-state index in [9.17, 15) is 4.79 Å². The lowest BCUT2D eigenvalue weighted by Gasteiger charge is -2.25. The van der Waals surface area contributed by atoms with Crippen molar-refractivity contribution in [2.24, 2.45) is 5.92 Å². The largest absolute Gasteiger partial charge is 0.482 e. The molecular formula is C14H19N3O2. The third-order valence-corrected chi connectivity index (χ3v) is 3.97. The summed E-state index contributed by atoms with van der Waals surface area (Å²) < 4.78 is 5.37. The van der Waals surface area contributed by atoms with E-state index in [1.54, 1.807) is 0 Å². The topological polar surface area (TPSA) is 67.6 Å². The van der Waals surface area contributed by atoms with Gasteiger partial charge in [0.2, 0.25) is 0 Å². The number of amides is 1. The number of hydrogen-bond donors (Lipinski definition) is 2. The summed E-state index contributed by atoms with van der Waals surface area (Å²) in [6, 6.07) is 3.74. The summed E-state index contributed by atoms with van der Waals surface area (Å²) in [5, 5.41) is 2.83. The highest BCUT2D eigenvalue weighted by molar-refractivity contribution is 5.97. The summed E-state index contributed by atoms with van der Waals surface area (Å²) in [6.07, 6.45) is 2.40. The molecule has 1 fully saturated rings. The number of benzene rings is 1. The van der Waals surface area contributed by atoms with Crippen LogP contribution in [0.15, 0.2) is 12.1 Å². The number of ether oxygens (including phenoxy) is 1. The van der Waals surface area contributed by atoms with Gasteiger partial charge in [0.25, 0.3) is 5.91 Å². The van der Waals surface area contributed by atoms with Gasteiger partial charge in [-0.3, -0.25) is 4.79 Å². The van der Waals surface area contributed by atoms with Crippen molar-refractivity contribution >= 4 is 23.0 Å². The van der Waals surface area contributed by atoms with Crippen molar-refractivity contribution in [1.29, 1.82) is 0 Å². The zero-order chi connectivity index (χ0) is 13.4. The van der Waals surface area contributed by atoms with E-state index in [4.69, 9.17) is 10.5 Å². The van der Waals surface area contributed by atoms with Crippen LogP contribution in [0.3, 0.4) is 0 Å². The molecule has 1 aromatic carbocycles. The molecule has 1 saturated heterocycles. The van der Waals surface area contributed by atoms with Crippen LogP contribution in [0, 0.1) is 5.92 Å². The smallest absolute Gasteiger partial charge is 0.262 e. The first kappa shape index (κ1) is 12.1. The van der Waals surface area contributed by atoms with E-state index < -0.39 is 0 Å². The number of nitrogens with one attached hydrogen (secondary N) is 1. The highest BCUT2D eigenvalue weighted by Gasteiger charge is 2.25. The van der Waals surface area contributed by atoms with E-state index in [2.05, 4.69) is 17.1 Å². The van der Waals surface area contributed by atoms with Crippen molar-refractivity contribution in [2.45, 2.75) is 19.8 Å². The Morgan fingerprint density at radius 3 is 3.11 bits per heavy atom. The Morgan fingerprint density at radius 1 is 1.53 bits per heavy atom. The molecule has 2 aliphatic heterocycles. The summed E-state index contributed by atoms with van der Waals surface area (Å²) in [4.78, 5) is 13.7. The van der Waals surface area contributed by atoms with Crippen LogP contribution in [-0.2, 0) is 4.79 Å². The molecule has 3 rings (SSSR count). The van der Waals surface area contributed by atoms with Gasteiger partial charge in [-0.05, 0) is 18.4 Å². The number of nitrogen functional groups attached to an aromatic ring is 1. The molecule has 1 aromatic rings. The lowest BCUT2D eigenvalue weighted by molar-refractivity contribution is -0.118. The highest BCUT2D eigenvalue weighted by atomic mass is 16.5. The first-order valence-corrected chi connectivity index (χ1v) is 6.78. The molecule has 19 heavy (non-hydrogen) atoms. The number of anilines is 3. The molecule has 5 nitrogen and oxygen atoms in total. The Balaban J connectivity index is 1.90. The molecule has 5 heteroatoms. The third-order valence-electron chi connectivity index (χ3n) is 3.97. The Morgan fingerprint density at radius 2 is 2.37 bits per heavy atom. The van der Waals surface area contributed by atoms with Crippen LogP contribution in [0.4, 0.5) is 17.1 Å². The van der Waals surface area contributed by atoms with Crippen LogP contribution in [-0.4, -0.2) is 25.6 Å². The zero-order valence-corrected chi connectivity index (χ0v) is 11.1. The summed E-state index contributed by atoms with van der Waals surface area (Å²) in [5.74, 6) is 1.28. The molecule has 0 spiro atoms. The molecule has 0 radical (unpaired) electrons. The Hall–Kier alpha value is -1.91. The average molecular weight is 261 g/mol. The Bertz CT molecular complexity index is 516. The molecule has 0 aliphatic carbocycles. The maximum absolute atomic E-state index is 11.4. The second-order valence-corrected chi connectivity index (χ2v) is 5.25. The second kappa shape index (κ2) is 4.64. The molecule has 0 saturated carbocycles. The highest BCUT2D eigenvalue weighted by Crippen LogP contribution is 2.38. The molecule has 2 heterocycles. The third kappa shape index (κ3) is 2.20. The maximum Gasteiger partial charge on any atom is 0.262 e. The summed E-state index contributed by atoms with van der Waals surface area (Å²) in [7, 11) is 0. The molecular weight excluding hydrogens is 242 g/mol. The molecule has 1 unspecified atom stereocenters. The normalized spacial score (nSPS) is 21.8. The first-order valence-electron chi connectivity index (χ1n) is 6.78. The van der Waals surface area contributed by atoms with E-state index in [0.717, 1.165) is 30.4 Å². The number of hydrogen-bond acceptors (Lipinski definition) is 4. The van der Waals surface area contributed by atoms with Gasteiger partial charge < -0.3 is 20.7 Å². The minimum absolute atomic E-state index is 0.0629. The predicted octanol–water partition coefficient (Wildman–Crippen LogP) is 1.84. The van der Waals surface area contributed by atoms with Gasteiger partial charge in [0.1, 0.15) is 5.75 Å². The number of rotatable bonds is 2. The van der Waals surface area contributed by atoms with E-state index in [1.165, 1.54) is 12.8 Å². The second-order valence-electron chi connectivity index (χ2n) is 5.25. The lowest BCUT2D eigenvalue weighted by Crippen LogP contribution is -2.26. The molecule has 1 amide bonds. The number of nitrogens with two attached hydrogens (primary N) is 1. The minimum Gasteiger partial charge on any atom is -0.482 e. The lowest BCUT2D eigenvalue weighted by atomic mass is 10.1. The van der Waals surface area contributed by atoms with Crippen LogP contribution >= 0.6 is 0 Å². The fraction of sp³-hybridized carbons (Fsp3) is 0.500. The average Bonchev–Trinajstić information content (AvgIpc) is 2.87. The van der Waals surface area contributed by atoms with Crippen molar-refractivity contribution in [2.75, 3.05) is 35.6 Å². The van der Waals surface area contributed by atoms with Gasteiger partial charge in [0.15, 0.2) is 6.61 Å². The molecule has 2 aliphatic rings. The number of fused-ring (bicyclic) bond motifs is 1. The Labute approximate surface area is 112 Å². The van der Waals surface area contributed by atoms with Crippen molar-refractivity contribution in [3.63, 3.8) is 0 Å². The number of carbonyl (C=O) groups excluding carboxylic acids is 1. The van der Waals surface area contributed by atoms with Gasteiger partial charge in [-0.2, -0.15) is 0 Å². The quantitative estimate of drug-likeness (QED) is 0.797. The van der Waals surface area contributed by atoms with Crippen molar-refractivity contribution in [3.8, 4) is 5.75 Å². The SMILES string of the molecule is CCC1CCN(c2cc3c(cc2N)OCC(=O)N3)C1. The van der Waals surface area contributed by atoms with Gasteiger partial charge in [-0.25, -0.2) is 0 Å². The van der Waals surface area contributed by atoms with Crippen molar-refractivity contribution in [3.05, 3.63) is 12.1 Å². The summed E-state index contributed by atoms with van der Waals surface area (Å²) in [6.45, 7) is 4.34.